The molecule has 0 aromatic carbocycles. The molecule has 0 bridgehead atoms. The minimum atomic E-state index is -4.93. The fourth-order valence-electron chi connectivity index (χ4n) is 1.29. The number of aliphatic hydroxyl groups excluding tert-OH is 1. The number of amides is 1. The number of hydrogen-bond acceptors (Lipinski definition) is 4. The number of halogens is 3. The lowest BCUT2D eigenvalue weighted by Crippen LogP contribution is -2.37. The van der Waals surface area contributed by atoms with Gasteiger partial charge in [0, 0.05) is 6.20 Å². The lowest BCUT2D eigenvalue weighted by atomic mass is 10.2. The van der Waals surface area contributed by atoms with Crippen LogP contribution in [0.4, 0.5) is 13.2 Å². The van der Waals surface area contributed by atoms with Crippen molar-refractivity contribution >= 4 is 5.91 Å². The minimum absolute atomic E-state index is 0.308. The molecule has 0 spiro atoms. The minimum Gasteiger partial charge on any atom is -0.394 e. The second kappa shape index (κ2) is 6.37. The van der Waals surface area contributed by atoms with Crippen molar-refractivity contribution in [1.82, 2.24) is 10.3 Å². The zero-order valence-electron chi connectivity index (χ0n) is 10.1. The van der Waals surface area contributed by atoms with Crippen molar-refractivity contribution in [2.24, 2.45) is 0 Å². The Morgan fingerprint density at radius 2 is 2.26 bits per heavy atom. The van der Waals surface area contributed by atoms with Gasteiger partial charge in [0.2, 0.25) is 5.88 Å². The van der Waals surface area contributed by atoms with Crippen LogP contribution >= 0.6 is 0 Å². The van der Waals surface area contributed by atoms with Crippen molar-refractivity contribution in [1.29, 1.82) is 0 Å². The highest BCUT2D eigenvalue weighted by Gasteiger charge is 2.33. The Hall–Kier alpha value is -1.83. The third-order valence-corrected chi connectivity index (χ3v) is 2.28. The van der Waals surface area contributed by atoms with Crippen LogP contribution in [0, 0.1) is 0 Å². The molecule has 2 N–H and O–H groups in total. The molecule has 0 fully saturated rings. The second-order valence-corrected chi connectivity index (χ2v) is 3.67. The van der Waals surface area contributed by atoms with Crippen LogP contribution in [0.5, 0.6) is 5.88 Å². The van der Waals surface area contributed by atoms with Crippen molar-refractivity contribution in [3.8, 4) is 5.88 Å². The number of rotatable bonds is 5. The predicted molar refractivity (Wildman–Crippen MR) is 59.6 cm³/mol. The van der Waals surface area contributed by atoms with Crippen molar-refractivity contribution < 1.29 is 27.8 Å². The zero-order valence-corrected chi connectivity index (χ0v) is 10.1. The van der Waals surface area contributed by atoms with Crippen molar-refractivity contribution in [3.05, 3.63) is 23.9 Å². The molecule has 0 saturated carbocycles. The van der Waals surface area contributed by atoms with Crippen LogP contribution < -0.4 is 10.1 Å². The molecule has 1 unspecified atom stereocenters. The van der Waals surface area contributed by atoms with Crippen LogP contribution in [0.25, 0.3) is 0 Å². The molecule has 1 amide bonds. The van der Waals surface area contributed by atoms with Crippen LogP contribution in [0.1, 0.15) is 23.7 Å². The van der Waals surface area contributed by atoms with Gasteiger partial charge in [-0.3, -0.25) is 4.79 Å². The second-order valence-electron chi connectivity index (χ2n) is 3.67. The van der Waals surface area contributed by atoms with E-state index >= 15 is 0 Å². The summed E-state index contributed by atoms with van der Waals surface area (Å²) in [6.45, 7) is 1.41. The van der Waals surface area contributed by atoms with E-state index in [9.17, 15) is 18.0 Å². The number of alkyl halides is 3. The Bertz CT molecular complexity index is 433. The molecule has 1 aromatic heterocycles. The Kier molecular flexibility index (Phi) is 5.11. The van der Waals surface area contributed by atoms with Crippen molar-refractivity contribution in [2.75, 3.05) is 6.61 Å². The third kappa shape index (κ3) is 4.74. The van der Waals surface area contributed by atoms with Gasteiger partial charge in [-0.05, 0) is 18.6 Å². The zero-order chi connectivity index (χ0) is 14.5. The van der Waals surface area contributed by atoms with Crippen molar-refractivity contribution in [2.45, 2.75) is 25.7 Å². The maximum atomic E-state index is 12.1. The van der Waals surface area contributed by atoms with E-state index in [0.29, 0.717) is 6.42 Å². The maximum Gasteiger partial charge on any atom is 0.574 e. The summed E-state index contributed by atoms with van der Waals surface area (Å²) in [6, 6.07) is 1.94. The van der Waals surface area contributed by atoms with Gasteiger partial charge in [-0.25, -0.2) is 4.98 Å². The quantitative estimate of drug-likeness (QED) is 0.855. The molecule has 106 valence electrons. The van der Waals surface area contributed by atoms with Crippen molar-refractivity contribution in [3.63, 3.8) is 0 Å². The Morgan fingerprint density at radius 3 is 2.79 bits per heavy atom. The number of nitrogens with zero attached hydrogens (tertiary/aromatic N) is 1. The monoisotopic (exact) mass is 278 g/mol. The average molecular weight is 278 g/mol. The average Bonchev–Trinajstić information content (AvgIpc) is 2.34. The Labute approximate surface area is 107 Å². The fourth-order valence-corrected chi connectivity index (χ4v) is 1.29. The number of ether oxygens (including phenoxy) is 1. The summed E-state index contributed by atoms with van der Waals surface area (Å²) in [7, 11) is 0. The van der Waals surface area contributed by atoms with Crippen LogP contribution in [-0.4, -0.2) is 35.0 Å². The van der Waals surface area contributed by atoms with E-state index in [4.69, 9.17) is 5.11 Å². The molecule has 1 atom stereocenters. The largest absolute Gasteiger partial charge is 0.574 e. The van der Waals surface area contributed by atoms with Gasteiger partial charge in [-0.2, -0.15) is 0 Å². The number of nitrogens with one attached hydrogen (secondary N) is 1. The highest BCUT2D eigenvalue weighted by molar-refractivity contribution is 5.96. The van der Waals surface area contributed by atoms with Crippen LogP contribution in [0.3, 0.4) is 0 Å². The molecule has 1 rings (SSSR count). The first-order valence-electron chi connectivity index (χ1n) is 5.49. The molecule has 0 aliphatic rings. The molecule has 8 heteroatoms. The molecule has 1 heterocycles. The van der Waals surface area contributed by atoms with Gasteiger partial charge >= 0.3 is 6.36 Å². The number of carbonyl (C=O) groups is 1. The van der Waals surface area contributed by atoms with E-state index in [1.165, 1.54) is 6.07 Å². The van der Waals surface area contributed by atoms with Gasteiger partial charge in [0.1, 0.15) is 5.56 Å². The summed E-state index contributed by atoms with van der Waals surface area (Å²) >= 11 is 0. The number of hydrogen-bond donors (Lipinski definition) is 2. The lowest BCUT2D eigenvalue weighted by Gasteiger charge is -2.16. The fraction of sp³-hybridized carbons (Fsp3) is 0.455. The molecule has 0 saturated heterocycles. The van der Waals surface area contributed by atoms with E-state index in [-0.39, 0.29) is 12.2 Å². The molecule has 0 aliphatic carbocycles. The molecule has 1 aromatic rings. The summed E-state index contributed by atoms with van der Waals surface area (Å²) in [5.74, 6) is -1.60. The molecule has 5 nitrogen and oxygen atoms in total. The maximum absolute atomic E-state index is 12.1. The van der Waals surface area contributed by atoms with Gasteiger partial charge < -0.3 is 15.2 Å². The van der Waals surface area contributed by atoms with E-state index in [0.717, 1.165) is 12.3 Å². The molecule has 19 heavy (non-hydrogen) atoms. The van der Waals surface area contributed by atoms with E-state index < -0.39 is 24.2 Å². The first-order valence-corrected chi connectivity index (χ1v) is 5.49. The lowest BCUT2D eigenvalue weighted by molar-refractivity contribution is -0.276. The van der Waals surface area contributed by atoms with Gasteiger partial charge in [0.25, 0.3) is 5.91 Å². The third-order valence-electron chi connectivity index (χ3n) is 2.28. The number of aliphatic hydroxyl groups is 1. The normalized spacial score (nSPS) is 12.9. The Morgan fingerprint density at radius 1 is 1.58 bits per heavy atom. The predicted octanol–water partition coefficient (Wildman–Crippen LogP) is 1.48. The molecular formula is C11H13F3N2O3. The first-order chi connectivity index (χ1) is 8.87. The smallest absolute Gasteiger partial charge is 0.394 e. The summed E-state index contributed by atoms with van der Waals surface area (Å²) in [4.78, 5) is 15.1. The van der Waals surface area contributed by atoms with Gasteiger partial charge in [0.05, 0.1) is 12.6 Å². The first kappa shape index (κ1) is 15.2. The topological polar surface area (TPSA) is 71.5 Å². The van der Waals surface area contributed by atoms with E-state index in [1.807, 2.05) is 0 Å². The highest BCUT2D eigenvalue weighted by Crippen LogP contribution is 2.23. The molecular weight excluding hydrogens is 265 g/mol. The van der Waals surface area contributed by atoms with E-state index in [1.54, 1.807) is 6.92 Å². The Balaban J connectivity index is 2.90. The summed E-state index contributed by atoms with van der Waals surface area (Å²) < 4.78 is 40.1. The van der Waals surface area contributed by atoms with Crippen LogP contribution in [0.15, 0.2) is 18.3 Å². The number of aromatic nitrogens is 1. The summed E-state index contributed by atoms with van der Waals surface area (Å²) in [6.07, 6.45) is -3.40. The SMILES string of the molecule is CCC(CO)NC(=O)c1cccnc1OC(F)(F)F. The standard InChI is InChI=1S/C11H13F3N2O3/c1-2-7(6-17)16-9(18)8-4-3-5-15-10(8)19-11(12,13)14/h3-5,7,17H,2,6H2,1H3,(H,16,18). The summed E-state index contributed by atoms with van der Waals surface area (Å²) in [5, 5.41) is 11.3. The number of pyridine rings is 1. The summed E-state index contributed by atoms with van der Waals surface area (Å²) in [5.41, 5.74) is -0.341. The number of carbonyl (C=O) groups excluding carboxylic acids is 1. The highest BCUT2D eigenvalue weighted by atomic mass is 19.4. The van der Waals surface area contributed by atoms with Crippen LogP contribution in [-0.2, 0) is 0 Å². The van der Waals surface area contributed by atoms with Gasteiger partial charge in [-0.1, -0.05) is 6.92 Å². The van der Waals surface area contributed by atoms with Gasteiger partial charge in [-0.15, -0.1) is 13.2 Å². The van der Waals surface area contributed by atoms with Gasteiger partial charge in [0.15, 0.2) is 0 Å². The van der Waals surface area contributed by atoms with Crippen LogP contribution in [0.2, 0.25) is 0 Å². The molecule has 0 aliphatic heterocycles. The van der Waals surface area contributed by atoms with E-state index in [2.05, 4.69) is 15.0 Å². The molecule has 0 radical (unpaired) electrons.